The smallest absolute Gasteiger partial charge is 0.220 e. The Morgan fingerprint density at radius 1 is 1.16 bits per heavy atom. The summed E-state index contributed by atoms with van der Waals surface area (Å²) in [5.41, 5.74) is 0. The molecule has 100 valence electrons. The van der Waals surface area contributed by atoms with Gasteiger partial charge in [-0.25, -0.2) is 0 Å². The van der Waals surface area contributed by atoms with Gasteiger partial charge in [-0.05, 0) is 30.0 Å². The Morgan fingerprint density at radius 2 is 2.00 bits per heavy atom. The summed E-state index contributed by atoms with van der Waals surface area (Å²) in [6, 6.07) is 14.3. The van der Waals surface area contributed by atoms with Gasteiger partial charge >= 0.3 is 0 Å². The van der Waals surface area contributed by atoms with E-state index in [0.717, 1.165) is 18.7 Å². The molecule has 0 saturated carbocycles. The average molecular weight is 291 g/mol. The van der Waals surface area contributed by atoms with Crippen molar-refractivity contribution in [1.29, 1.82) is 0 Å². The Balaban J connectivity index is 1.57. The van der Waals surface area contributed by atoms with E-state index in [1.807, 2.05) is 24.3 Å². The molecule has 1 heterocycles. The third kappa shape index (κ3) is 5.49. The van der Waals surface area contributed by atoms with Gasteiger partial charge in [0, 0.05) is 28.5 Å². The van der Waals surface area contributed by atoms with Crippen LogP contribution in [0.1, 0.15) is 11.3 Å². The second-order valence-electron chi connectivity index (χ2n) is 4.09. The minimum atomic E-state index is 0.139. The van der Waals surface area contributed by atoms with Crippen molar-refractivity contribution in [3.8, 4) is 0 Å². The summed E-state index contributed by atoms with van der Waals surface area (Å²) in [4.78, 5) is 14.2. The molecule has 0 fully saturated rings. The van der Waals surface area contributed by atoms with Crippen LogP contribution in [0.15, 0.2) is 52.7 Å². The van der Waals surface area contributed by atoms with Crippen molar-refractivity contribution in [3.63, 3.8) is 0 Å². The third-order valence-electron chi connectivity index (χ3n) is 2.61. The zero-order chi connectivity index (χ0) is 13.3. The van der Waals surface area contributed by atoms with Gasteiger partial charge in [-0.15, -0.1) is 23.1 Å². The predicted molar refractivity (Wildman–Crippen MR) is 82.8 cm³/mol. The Hall–Kier alpha value is -1.26. The molecule has 2 nitrogen and oxygen atoms in total. The molecule has 0 bridgehead atoms. The first-order valence-corrected chi connectivity index (χ1v) is 8.18. The first-order valence-electron chi connectivity index (χ1n) is 6.31. The lowest BCUT2D eigenvalue weighted by Gasteiger charge is -2.04. The molecule has 0 aliphatic rings. The van der Waals surface area contributed by atoms with Gasteiger partial charge in [-0.3, -0.25) is 4.79 Å². The summed E-state index contributed by atoms with van der Waals surface area (Å²) in [5.74, 6) is 0.967. The van der Waals surface area contributed by atoms with Crippen LogP contribution >= 0.6 is 23.1 Å². The number of hydrogen-bond acceptors (Lipinski definition) is 3. The highest BCUT2D eigenvalue weighted by molar-refractivity contribution is 7.99. The summed E-state index contributed by atoms with van der Waals surface area (Å²) in [6.07, 6.45) is 1.50. The Bertz CT molecular complexity index is 482. The Labute approximate surface area is 122 Å². The molecular formula is C15H17NOS2. The molecule has 0 unspecified atom stereocenters. The lowest BCUT2D eigenvalue weighted by atomic mass is 10.3. The van der Waals surface area contributed by atoms with E-state index < -0.39 is 0 Å². The molecule has 0 spiro atoms. The van der Waals surface area contributed by atoms with Gasteiger partial charge in [0.05, 0.1) is 0 Å². The van der Waals surface area contributed by atoms with Crippen LogP contribution < -0.4 is 5.32 Å². The highest BCUT2D eigenvalue weighted by atomic mass is 32.2. The number of rotatable bonds is 7. The van der Waals surface area contributed by atoms with Gasteiger partial charge in [0.25, 0.3) is 0 Å². The van der Waals surface area contributed by atoms with E-state index in [1.165, 1.54) is 9.77 Å². The van der Waals surface area contributed by atoms with Crippen LogP contribution in [0.5, 0.6) is 0 Å². The Kier molecular flexibility index (Phi) is 5.98. The highest BCUT2D eigenvalue weighted by Crippen LogP contribution is 2.17. The minimum Gasteiger partial charge on any atom is -0.356 e. The first-order chi connectivity index (χ1) is 9.34. The SMILES string of the molecule is O=C(CCSc1ccccc1)NCCc1cccs1. The summed E-state index contributed by atoms with van der Waals surface area (Å²) in [7, 11) is 0. The van der Waals surface area contributed by atoms with Crippen LogP contribution in [-0.4, -0.2) is 18.2 Å². The molecule has 1 aromatic heterocycles. The predicted octanol–water partition coefficient (Wildman–Crippen LogP) is 3.59. The number of carbonyl (C=O) groups excluding carboxylic acids is 1. The van der Waals surface area contributed by atoms with Crippen LogP contribution in [0.4, 0.5) is 0 Å². The molecule has 0 atom stereocenters. The molecule has 0 aliphatic carbocycles. The number of hydrogen-bond donors (Lipinski definition) is 1. The molecule has 4 heteroatoms. The van der Waals surface area contributed by atoms with Crippen LogP contribution in [0.3, 0.4) is 0 Å². The lowest BCUT2D eigenvalue weighted by molar-refractivity contribution is -0.120. The zero-order valence-electron chi connectivity index (χ0n) is 10.7. The lowest BCUT2D eigenvalue weighted by Crippen LogP contribution is -2.25. The maximum Gasteiger partial charge on any atom is 0.220 e. The minimum absolute atomic E-state index is 0.139. The van der Waals surface area contributed by atoms with Crippen LogP contribution in [0.2, 0.25) is 0 Å². The van der Waals surface area contributed by atoms with Crippen molar-refractivity contribution in [2.75, 3.05) is 12.3 Å². The van der Waals surface area contributed by atoms with Crippen LogP contribution in [-0.2, 0) is 11.2 Å². The van der Waals surface area contributed by atoms with Gasteiger partial charge in [-0.1, -0.05) is 24.3 Å². The van der Waals surface area contributed by atoms with E-state index in [2.05, 4.69) is 28.9 Å². The Morgan fingerprint density at radius 3 is 2.74 bits per heavy atom. The van der Waals surface area contributed by atoms with Crippen molar-refractivity contribution in [1.82, 2.24) is 5.32 Å². The standard InChI is InChI=1S/C15H17NOS2/c17-15(16-10-8-14-7-4-11-18-14)9-12-19-13-5-2-1-3-6-13/h1-7,11H,8-10,12H2,(H,16,17). The molecule has 0 saturated heterocycles. The summed E-state index contributed by atoms with van der Waals surface area (Å²) in [6.45, 7) is 0.731. The van der Waals surface area contributed by atoms with Crippen molar-refractivity contribution in [2.45, 2.75) is 17.7 Å². The number of thioether (sulfide) groups is 1. The van der Waals surface area contributed by atoms with E-state index >= 15 is 0 Å². The molecule has 2 rings (SSSR count). The maximum atomic E-state index is 11.6. The molecule has 2 aromatic rings. The van der Waals surface area contributed by atoms with Crippen molar-refractivity contribution >= 4 is 29.0 Å². The quantitative estimate of drug-likeness (QED) is 0.790. The number of carbonyl (C=O) groups is 1. The number of benzene rings is 1. The average Bonchev–Trinajstić information content (AvgIpc) is 2.93. The van der Waals surface area contributed by atoms with E-state index in [-0.39, 0.29) is 5.91 Å². The van der Waals surface area contributed by atoms with E-state index in [9.17, 15) is 4.79 Å². The monoisotopic (exact) mass is 291 g/mol. The van der Waals surface area contributed by atoms with Gasteiger partial charge in [0.15, 0.2) is 0 Å². The number of thiophene rings is 1. The number of nitrogens with one attached hydrogen (secondary N) is 1. The van der Waals surface area contributed by atoms with Crippen molar-refractivity contribution in [3.05, 3.63) is 52.7 Å². The summed E-state index contributed by atoms with van der Waals surface area (Å²) in [5, 5.41) is 5.02. The molecule has 1 amide bonds. The second-order valence-corrected chi connectivity index (χ2v) is 6.29. The number of amides is 1. The normalized spacial score (nSPS) is 10.3. The fraction of sp³-hybridized carbons (Fsp3) is 0.267. The van der Waals surface area contributed by atoms with E-state index in [1.54, 1.807) is 23.1 Å². The van der Waals surface area contributed by atoms with Gasteiger partial charge in [0.1, 0.15) is 0 Å². The van der Waals surface area contributed by atoms with Gasteiger partial charge in [0.2, 0.25) is 5.91 Å². The molecule has 1 N–H and O–H groups in total. The fourth-order valence-electron chi connectivity index (χ4n) is 1.65. The first kappa shape index (κ1) is 14.2. The van der Waals surface area contributed by atoms with Crippen molar-refractivity contribution in [2.24, 2.45) is 0 Å². The molecule has 19 heavy (non-hydrogen) atoms. The van der Waals surface area contributed by atoms with Crippen molar-refractivity contribution < 1.29 is 4.79 Å². The topological polar surface area (TPSA) is 29.1 Å². The van der Waals surface area contributed by atoms with E-state index in [0.29, 0.717) is 6.42 Å². The van der Waals surface area contributed by atoms with Gasteiger partial charge < -0.3 is 5.32 Å². The fourth-order valence-corrected chi connectivity index (χ4v) is 3.23. The molecule has 0 radical (unpaired) electrons. The highest BCUT2D eigenvalue weighted by Gasteiger charge is 2.02. The molecular weight excluding hydrogens is 274 g/mol. The van der Waals surface area contributed by atoms with E-state index in [4.69, 9.17) is 0 Å². The third-order valence-corrected chi connectivity index (χ3v) is 4.56. The van der Waals surface area contributed by atoms with Crippen LogP contribution in [0.25, 0.3) is 0 Å². The van der Waals surface area contributed by atoms with Crippen LogP contribution in [0, 0.1) is 0 Å². The summed E-state index contributed by atoms with van der Waals surface area (Å²) >= 11 is 3.46. The van der Waals surface area contributed by atoms with Gasteiger partial charge in [-0.2, -0.15) is 0 Å². The molecule has 0 aliphatic heterocycles. The maximum absolute atomic E-state index is 11.6. The zero-order valence-corrected chi connectivity index (χ0v) is 12.3. The molecule has 1 aromatic carbocycles. The summed E-state index contributed by atoms with van der Waals surface area (Å²) < 4.78 is 0. The second kappa shape index (κ2) is 8.02. The largest absolute Gasteiger partial charge is 0.356 e.